The molecule has 1 N–H and O–H groups in total. The van der Waals surface area contributed by atoms with Gasteiger partial charge in [0, 0.05) is 19.0 Å². The van der Waals surface area contributed by atoms with Gasteiger partial charge in [-0.3, -0.25) is 9.59 Å². The van der Waals surface area contributed by atoms with E-state index < -0.39 is 0 Å². The third-order valence-corrected chi connectivity index (χ3v) is 3.55. The first-order chi connectivity index (χ1) is 9.92. The Morgan fingerprint density at radius 3 is 2.76 bits per heavy atom. The summed E-state index contributed by atoms with van der Waals surface area (Å²) < 4.78 is 5.33. The number of ether oxygens (including phenoxy) is 1. The van der Waals surface area contributed by atoms with Crippen molar-refractivity contribution in [2.75, 3.05) is 18.6 Å². The second-order valence-electron chi connectivity index (χ2n) is 5.74. The predicted octanol–water partition coefficient (Wildman–Crippen LogP) is 1.88. The standard InChI is InChI=1S/C16H22N2O3/c1-10(2)17-16(20)12-8-15(19)18(9-12)13-7-11(3)5-6-14(13)21-4/h5-7,10,12H,8-9H2,1-4H3,(H,17,20). The first kappa shape index (κ1) is 15.4. The summed E-state index contributed by atoms with van der Waals surface area (Å²) in [5, 5.41) is 2.87. The van der Waals surface area contributed by atoms with E-state index in [-0.39, 0.29) is 30.2 Å². The van der Waals surface area contributed by atoms with E-state index >= 15 is 0 Å². The van der Waals surface area contributed by atoms with Crippen LogP contribution in [-0.2, 0) is 9.59 Å². The number of aryl methyl sites for hydroxylation is 1. The van der Waals surface area contributed by atoms with Gasteiger partial charge in [0.15, 0.2) is 0 Å². The van der Waals surface area contributed by atoms with Gasteiger partial charge in [0.05, 0.1) is 18.7 Å². The number of carbonyl (C=O) groups is 2. The highest BCUT2D eigenvalue weighted by Crippen LogP contribution is 2.33. The monoisotopic (exact) mass is 290 g/mol. The van der Waals surface area contributed by atoms with Gasteiger partial charge in [0.25, 0.3) is 0 Å². The fraction of sp³-hybridized carbons (Fsp3) is 0.500. The summed E-state index contributed by atoms with van der Waals surface area (Å²) in [6.07, 6.45) is 0.246. The van der Waals surface area contributed by atoms with E-state index in [1.807, 2.05) is 39.0 Å². The van der Waals surface area contributed by atoms with E-state index in [0.717, 1.165) is 11.3 Å². The molecule has 1 aromatic rings. The number of amides is 2. The molecule has 5 heteroatoms. The van der Waals surface area contributed by atoms with E-state index in [1.165, 1.54) is 0 Å². The number of carbonyl (C=O) groups excluding carboxylic acids is 2. The summed E-state index contributed by atoms with van der Waals surface area (Å²) in [7, 11) is 1.58. The van der Waals surface area contributed by atoms with Crippen LogP contribution in [0.1, 0.15) is 25.8 Å². The lowest BCUT2D eigenvalue weighted by atomic mass is 10.1. The Kier molecular flexibility index (Phi) is 4.50. The van der Waals surface area contributed by atoms with E-state index in [4.69, 9.17) is 4.74 Å². The van der Waals surface area contributed by atoms with Crippen molar-refractivity contribution < 1.29 is 14.3 Å². The quantitative estimate of drug-likeness (QED) is 0.921. The molecule has 1 saturated heterocycles. The van der Waals surface area contributed by atoms with E-state index in [2.05, 4.69) is 5.32 Å². The summed E-state index contributed by atoms with van der Waals surface area (Å²) in [5.41, 5.74) is 1.79. The van der Waals surface area contributed by atoms with Crippen molar-refractivity contribution in [1.82, 2.24) is 5.32 Å². The molecule has 114 valence electrons. The van der Waals surface area contributed by atoms with Crippen LogP contribution >= 0.6 is 0 Å². The van der Waals surface area contributed by atoms with Gasteiger partial charge in [0.2, 0.25) is 11.8 Å². The average Bonchev–Trinajstić information content (AvgIpc) is 2.80. The summed E-state index contributed by atoms with van der Waals surface area (Å²) in [6, 6.07) is 5.78. The van der Waals surface area contributed by atoms with Crippen molar-refractivity contribution in [3.05, 3.63) is 23.8 Å². The highest BCUT2D eigenvalue weighted by molar-refractivity contribution is 6.01. The SMILES string of the molecule is COc1ccc(C)cc1N1CC(C(=O)NC(C)C)CC1=O. The Hall–Kier alpha value is -2.04. The number of nitrogens with zero attached hydrogens (tertiary/aromatic N) is 1. The zero-order valence-corrected chi connectivity index (χ0v) is 13.0. The number of rotatable bonds is 4. The molecule has 1 atom stereocenters. The minimum absolute atomic E-state index is 0.0391. The van der Waals surface area contributed by atoms with Crippen molar-refractivity contribution >= 4 is 17.5 Å². The topological polar surface area (TPSA) is 58.6 Å². The third-order valence-electron chi connectivity index (χ3n) is 3.55. The molecule has 0 saturated carbocycles. The van der Waals surface area contributed by atoms with Crippen molar-refractivity contribution in [2.45, 2.75) is 33.2 Å². The molecule has 2 amide bonds. The van der Waals surface area contributed by atoms with E-state index in [9.17, 15) is 9.59 Å². The molecule has 5 nitrogen and oxygen atoms in total. The maximum atomic E-state index is 12.2. The molecular formula is C16H22N2O3. The molecule has 0 spiro atoms. The average molecular weight is 290 g/mol. The lowest BCUT2D eigenvalue weighted by Gasteiger charge is -2.20. The smallest absolute Gasteiger partial charge is 0.227 e. The number of hydrogen-bond donors (Lipinski definition) is 1. The van der Waals surface area contributed by atoms with Crippen LogP contribution in [0.5, 0.6) is 5.75 Å². The zero-order chi connectivity index (χ0) is 15.6. The van der Waals surface area contributed by atoms with Crippen LogP contribution in [0, 0.1) is 12.8 Å². The van der Waals surface area contributed by atoms with E-state index in [1.54, 1.807) is 12.0 Å². The number of benzene rings is 1. The van der Waals surface area contributed by atoms with Crippen molar-refractivity contribution in [3.63, 3.8) is 0 Å². The number of methoxy groups -OCH3 is 1. The zero-order valence-electron chi connectivity index (χ0n) is 13.0. The van der Waals surface area contributed by atoms with Crippen LogP contribution in [-0.4, -0.2) is 31.5 Å². The van der Waals surface area contributed by atoms with Gasteiger partial charge < -0.3 is 15.0 Å². The van der Waals surface area contributed by atoms with Crippen molar-refractivity contribution in [1.29, 1.82) is 0 Å². The lowest BCUT2D eigenvalue weighted by Crippen LogP contribution is -2.37. The second kappa shape index (κ2) is 6.16. The molecule has 1 aromatic carbocycles. The van der Waals surface area contributed by atoms with E-state index in [0.29, 0.717) is 12.3 Å². The molecule has 0 aliphatic carbocycles. The van der Waals surface area contributed by atoms with Crippen LogP contribution in [0.3, 0.4) is 0 Å². The summed E-state index contributed by atoms with van der Waals surface area (Å²) in [6.45, 7) is 6.19. The maximum Gasteiger partial charge on any atom is 0.227 e. The lowest BCUT2D eigenvalue weighted by molar-refractivity contribution is -0.126. The molecule has 1 unspecified atom stereocenters. The molecule has 1 fully saturated rings. The van der Waals surface area contributed by atoms with Gasteiger partial charge in [-0.2, -0.15) is 0 Å². The molecule has 1 heterocycles. The molecule has 0 aromatic heterocycles. The van der Waals surface area contributed by atoms with Gasteiger partial charge >= 0.3 is 0 Å². The predicted molar refractivity (Wildman–Crippen MR) is 81.5 cm³/mol. The number of anilines is 1. The minimum Gasteiger partial charge on any atom is -0.495 e. The van der Waals surface area contributed by atoms with Crippen molar-refractivity contribution in [2.24, 2.45) is 5.92 Å². The first-order valence-corrected chi connectivity index (χ1v) is 7.17. The largest absolute Gasteiger partial charge is 0.495 e. The Morgan fingerprint density at radius 1 is 1.43 bits per heavy atom. The number of hydrogen-bond acceptors (Lipinski definition) is 3. The van der Waals surface area contributed by atoms with Crippen LogP contribution in [0.25, 0.3) is 0 Å². The molecule has 21 heavy (non-hydrogen) atoms. The maximum absolute atomic E-state index is 12.2. The first-order valence-electron chi connectivity index (χ1n) is 7.17. The summed E-state index contributed by atoms with van der Waals surface area (Å²) in [5.74, 6) is 0.249. The summed E-state index contributed by atoms with van der Waals surface area (Å²) >= 11 is 0. The molecule has 2 rings (SSSR count). The van der Waals surface area contributed by atoms with Crippen LogP contribution in [0.2, 0.25) is 0 Å². The number of nitrogens with one attached hydrogen (secondary N) is 1. The highest BCUT2D eigenvalue weighted by Gasteiger charge is 2.36. The second-order valence-corrected chi connectivity index (χ2v) is 5.74. The fourth-order valence-corrected chi connectivity index (χ4v) is 2.53. The van der Waals surface area contributed by atoms with Crippen LogP contribution in [0.4, 0.5) is 5.69 Å². The third kappa shape index (κ3) is 3.35. The minimum atomic E-state index is -0.301. The molecule has 0 bridgehead atoms. The van der Waals surface area contributed by atoms with Gasteiger partial charge in [-0.15, -0.1) is 0 Å². The van der Waals surface area contributed by atoms with Gasteiger partial charge in [-0.25, -0.2) is 0 Å². The molecule has 1 aliphatic heterocycles. The highest BCUT2D eigenvalue weighted by atomic mass is 16.5. The van der Waals surface area contributed by atoms with Crippen LogP contribution < -0.4 is 15.0 Å². The Morgan fingerprint density at radius 2 is 2.14 bits per heavy atom. The molecule has 1 aliphatic rings. The van der Waals surface area contributed by atoms with Gasteiger partial charge in [-0.05, 0) is 38.5 Å². The molecule has 0 radical (unpaired) electrons. The Labute approximate surface area is 125 Å². The summed E-state index contributed by atoms with van der Waals surface area (Å²) in [4.78, 5) is 26.0. The fourth-order valence-electron chi connectivity index (χ4n) is 2.53. The van der Waals surface area contributed by atoms with Gasteiger partial charge in [0.1, 0.15) is 5.75 Å². The molecular weight excluding hydrogens is 268 g/mol. The van der Waals surface area contributed by atoms with Gasteiger partial charge in [-0.1, -0.05) is 6.07 Å². The Bertz CT molecular complexity index is 554. The van der Waals surface area contributed by atoms with Crippen molar-refractivity contribution in [3.8, 4) is 5.75 Å². The normalized spacial score (nSPS) is 18.2. The van der Waals surface area contributed by atoms with Crippen LogP contribution in [0.15, 0.2) is 18.2 Å². The Balaban J connectivity index is 2.21.